The van der Waals surface area contributed by atoms with Gasteiger partial charge < -0.3 is 5.11 Å². The van der Waals surface area contributed by atoms with Crippen molar-refractivity contribution in [3.8, 4) is 0 Å². The minimum absolute atomic E-state index is 0.213. The van der Waals surface area contributed by atoms with Gasteiger partial charge in [-0.3, -0.25) is 4.79 Å². The molecule has 1 heterocycles. The fourth-order valence-electron chi connectivity index (χ4n) is 1.63. The molecule has 1 aromatic heterocycles. The van der Waals surface area contributed by atoms with Crippen molar-refractivity contribution >= 4 is 27.6 Å². The first kappa shape index (κ1) is 10.9. The van der Waals surface area contributed by atoms with Crippen LogP contribution in [-0.4, -0.2) is 15.0 Å². The van der Waals surface area contributed by atoms with E-state index in [9.17, 15) is 9.59 Å². The third-order valence-electron chi connectivity index (χ3n) is 2.47. The topological polar surface area (TPSA) is 59.3 Å². The molecule has 2 aromatic rings. The minimum atomic E-state index is -0.962. The molecule has 2 rings (SSSR count). The Balaban J connectivity index is 2.65. The van der Waals surface area contributed by atoms with Crippen LogP contribution in [0.4, 0.5) is 0 Å². The molecule has 16 heavy (non-hydrogen) atoms. The molecule has 0 saturated carbocycles. The third kappa shape index (κ3) is 1.63. The number of fused-ring (bicyclic) bond motifs is 1. The number of carboxylic acids is 1. The Bertz CT molecular complexity index is 584. The number of benzene rings is 1. The summed E-state index contributed by atoms with van der Waals surface area (Å²) in [6, 6.07) is 6.41. The van der Waals surface area contributed by atoms with E-state index in [0.29, 0.717) is 11.8 Å². The Morgan fingerprint density at radius 1 is 1.50 bits per heavy atom. The van der Waals surface area contributed by atoms with Crippen LogP contribution in [0.1, 0.15) is 19.4 Å². The lowest BCUT2D eigenvalue weighted by atomic mass is 10.2. The Morgan fingerprint density at radius 3 is 2.75 bits per heavy atom. The van der Waals surface area contributed by atoms with Gasteiger partial charge in [0.25, 0.3) is 5.56 Å². The van der Waals surface area contributed by atoms with E-state index in [0.717, 1.165) is 4.70 Å². The number of nitrogens with zero attached hydrogens (tertiary/aromatic N) is 1. The van der Waals surface area contributed by atoms with Crippen molar-refractivity contribution in [1.82, 2.24) is 3.96 Å². The lowest BCUT2D eigenvalue weighted by Gasteiger charge is -2.08. The number of hydrogen-bond acceptors (Lipinski definition) is 3. The molecule has 84 valence electrons. The number of aliphatic carboxylic acids is 1. The second-order valence-corrected chi connectivity index (χ2v) is 4.50. The van der Waals surface area contributed by atoms with Gasteiger partial charge in [-0.05, 0) is 18.6 Å². The number of carbonyl (C=O) groups is 1. The summed E-state index contributed by atoms with van der Waals surface area (Å²) in [6.07, 6.45) is 0.405. The van der Waals surface area contributed by atoms with Crippen LogP contribution in [0.15, 0.2) is 29.1 Å². The second-order valence-electron chi connectivity index (χ2n) is 3.48. The lowest BCUT2D eigenvalue weighted by molar-refractivity contribution is -0.140. The van der Waals surface area contributed by atoms with Gasteiger partial charge in [0.05, 0.1) is 10.1 Å². The number of hydrogen-bond donors (Lipinski definition) is 1. The van der Waals surface area contributed by atoms with Gasteiger partial charge in [-0.15, -0.1) is 0 Å². The van der Waals surface area contributed by atoms with Crippen LogP contribution < -0.4 is 5.56 Å². The molecule has 0 fully saturated rings. The first-order valence-corrected chi connectivity index (χ1v) is 5.76. The average Bonchev–Trinajstić information content (AvgIpc) is 2.58. The van der Waals surface area contributed by atoms with Gasteiger partial charge in [0, 0.05) is 0 Å². The number of aromatic nitrogens is 1. The maximum Gasteiger partial charge on any atom is 0.327 e. The van der Waals surface area contributed by atoms with Crippen molar-refractivity contribution in [1.29, 1.82) is 0 Å². The Morgan fingerprint density at radius 2 is 2.19 bits per heavy atom. The molecule has 1 atom stereocenters. The number of carboxylic acid groups (broad SMARTS) is 1. The molecule has 0 saturated heterocycles. The van der Waals surface area contributed by atoms with E-state index < -0.39 is 12.0 Å². The molecule has 0 spiro atoms. The van der Waals surface area contributed by atoms with Crippen molar-refractivity contribution < 1.29 is 9.90 Å². The van der Waals surface area contributed by atoms with Gasteiger partial charge in [-0.1, -0.05) is 30.6 Å². The molecule has 5 heteroatoms. The maximum atomic E-state index is 11.9. The molecule has 0 amide bonds. The van der Waals surface area contributed by atoms with Crippen LogP contribution in [0.25, 0.3) is 10.1 Å². The highest BCUT2D eigenvalue weighted by Crippen LogP contribution is 2.21. The quantitative estimate of drug-likeness (QED) is 0.889. The fraction of sp³-hybridized carbons (Fsp3) is 0.273. The monoisotopic (exact) mass is 237 g/mol. The molecule has 1 N–H and O–H groups in total. The van der Waals surface area contributed by atoms with E-state index in [1.807, 2.05) is 12.1 Å². The van der Waals surface area contributed by atoms with Crippen LogP contribution in [0.2, 0.25) is 0 Å². The molecule has 0 aliphatic rings. The first-order chi connectivity index (χ1) is 7.65. The van der Waals surface area contributed by atoms with Crippen LogP contribution >= 0.6 is 11.5 Å². The van der Waals surface area contributed by atoms with E-state index in [1.165, 1.54) is 15.5 Å². The predicted molar refractivity (Wildman–Crippen MR) is 63.0 cm³/mol. The van der Waals surface area contributed by atoms with Crippen LogP contribution in [0.5, 0.6) is 0 Å². The first-order valence-electron chi connectivity index (χ1n) is 4.98. The summed E-state index contributed by atoms with van der Waals surface area (Å²) in [5.41, 5.74) is -0.213. The standard InChI is InChI=1S/C11H11NO3S/c1-2-8(11(14)15)12-10(13)7-5-3-4-6-9(7)16-12/h3-6,8H,2H2,1H3,(H,14,15)/t8-/m1/s1. The molecule has 1 aromatic carbocycles. The summed E-state index contributed by atoms with van der Waals surface area (Å²) >= 11 is 1.21. The highest BCUT2D eigenvalue weighted by atomic mass is 32.1. The predicted octanol–water partition coefficient (Wildman–Crippen LogP) is 2.10. The molecule has 0 unspecified atom stereocenters. The van der Waals surface area contributed by atoms with Gasteiger partial charge in [0.15, 0.2) is 0 Å². The molecule has 0 bridgehead atoms. The summed E-state index contributed by atoms with van der Waals surface area (Å²) < 4.78 is 2.17. The van der Waals surface area contributed by atoms with Crippen molar-refractivity contribution in [2.24, 2.45) is 0 Å². The van der Waals surface area contributed by atoms with E-state index in [4.69, 9.17) is 5.11 Å². The molecule has 0 radical (unpaired) electrons. The summed E-state index contributed by atoms with van der Waals surface area (Å²) in [5.74, 6) is -0.962. The lowest BCUT2D eigenvalue weighted by Crippen LogP contribution is -2.24. The normalized spacial score (nSPS) is 12.8. The zero-order valence-corrected chi connectivity index (χ0v) is 9.53. The summed E-state index contributed by atoms with van der Waals surface area (Å²) in [7, 11) is 0. The summed E-state index contributed by atoms with van der Waals surface area (Å²) in [6.45, 7) is 1.76. The molecular formula is C11H11NO3S. The van der Waals surface area contributed by atoms with Crippen LogP contribution in [0.3, 0.4) is 0 Å². The summed E-state index contributed by atoms with van der Waals surface area (Å²) in [4.78, 5) is 23.0. The SMILES string of the molecule is CC[C@H](C(=O)O)n1sc2ccccc2c1=O. The largest absolute Gasteiger partial charge is 0.480 e. The number of rotatable bonds is 3. The second kappa shape index (κ2) is 4.09. The van der Waals surface area contributed by atoms with E-state index in [-0.39, 0.29) is 5.56 Å². The van der Waals surface area contributed by atoms with Gasteiger partial charge in [0.2, 0.25) is 0 Å². The zero-order chi connectivity index (χ0) is 11.7. The Labute approximate surface area is 95.9 Å². The third-order valence-corrected chi connectivity index (χ3v) is 3.64. The van der Waals surface area contributed by atoms with Crippen molar-refractivity contribution in [2.75, 3.05) is 0 Å². The van der Waals surface area contributed by atoms with Gasteiger partial charge in [-0.25, -0.2) is 8.75 Å². The zero-order valence-electron chi connectivity index (χ0n) is 8.71. The Hall–Kier alpha value is -1.62. The Kier molecular flexibility index (Phi) is 2.78. The van der Waals surface area contributed by atoms with Gasteiger partial charge in [-0.2, -0.15) is 0 Å². The fourth-order valence-corrected chi connectivity index (χ4v) is 2.79. The van der Waals surface area contributed by atoms with Crippen molar-refractivity contribution in [3.63, 3.8) is 0 Å². The average molecular weight is 237 g/mol. The van der Waals surface area contributed by atoms with Crippen molar-refractivity contribution in [3.05, 3.63) is 34.6 Å². The molecule has 0 aliphatic carbocycles. The highest BCUT2D eigenvalue weighted by molar-refractivity contribution is 7.13. The van der Waals surface area contributed by atoms with Crippen molar-refractivity contribution in [2.45, 2.75) is 19.4 Å². The molecule has 0 aliphatic heterocycles. The molecule has 4 nitrogen and oxygen atoms in total. The van der Waals surface area contributed by atoms with Gasteiger partial charge in [0.1, 0.15) is 6.04 Å². The van der Waals surface area contributed by atoms with E-state index in [1.54, 1.807) is 19.1 Å². The molecular weight excluding hydrogens is 226 g/mol. The smallest absolute Gasteiger partial charge is 0.327 e. The van der Waals surface area contributed by atoms with E-state index in [2.05, 4.69) is 0 Å². The highest BCUT2D eigenvalue weighted by Gasteiger charge is 2.21. The van der Waals surface area contributed by atoms with Gasteiger partial charge >= 0.3 is 5.97 Å². The maximum absolute atomic E-state index is 11.9. The van der Waals surface area contributed by atoms with Crippen LogP contribution in [-0.2, 0) is 4.79 Å². The van der Waals surface area contributed by atoms with E-state index >= 15 is 0 Å². The summed E-state index contributed by atoms with van der Waals surface area (Å²) in [5, 5.41) is 9.61. The van der Waals surface area contributed by atoms with Crippen LogP contribution in [0, 0.1) is 0 Å². The minimum Gasteiger partial charge on any atom is -0.480 e.